The molecule has 0 aromatic heterocycles. The fourth-order valence-electron chi connectivity index (χ4n) is 2.75. The van der Waals surface area contributed by atoms with Crippen molar-refractivity contribution in [2.24, 2.45) is 0 Å². The lowest BCUT2D eigenvalue weighted by Gasteiger charge is -2.20. The van der Waals surface area contributed by atoms with Gasteiger partial charge in [0.1, 0.15) is 5.82 Å². The van der Waals surface area contributed by atoms with E-state index in [1.54, 1.807) is 12.1 Å². The van der Waals surface area contributed by atoms with Crippen LogP contribution in [-0.4, -0.2) is 23.6 Å². The van der Waals surface area contributed by atoms with E-state index in [4.69, 9.17) is 11.6 Å². The van der Waals surface area contributed by atoms with Gasteiger partial charge in [-0.25, -0.2) is 4.39 Å². The monoisotopic (exact) mass is 315 g/mol. The van der Waals surface area contributed by atoms with Gasteiger partial charge in [-0.05, 0) is 49.6 Å². The van der Waals surface area contributed by atoms with Crippen LogP contribution in [0.3, 0.4) is 0 Å². The third-order valence-corrected chi connectivity index (χ3v) is 5.71. The Hall–Kier alpha value is -0.250. The Labute approximate surface area is 130 Å². The molecule has 2 rings (SSSR count). The largest absolute Gasteiger partial charge is 0.313 e. The summed E-state index contributed by atoms with van der Waals surface area (Å²) in [5, 5.41) is 4.99. The Morgan fingerprint density at radius 1 is 1.40 bits per heavy atom. The van der Waals surface area contributed by atoms with Crippen molar-refractivity contribution >= 4 is 23.4 Å². The van der Waals surface area contributed by atoms with Crippen molar-refractivity contribution in [2.45, 2.75) is 50.3 Å². The molecule has 112 valence electrons. The van der Waals surface area contributed by atoms with Crippen molar-refractivity contribution < 1.29 is 4.39 Å². The van der Waals surface area contributed by atoms with Gasteiger partial charge >= 0.3 is 0 Å². The summed E-state index contributed by atoms with van der Waals surface area (Å²) >= 11 is 8.23. The van der Waals surface area contributed by atoms with Gasteiger partial charge in [-0.2, -0.15) is 11.8 Å². The first-order chi connectivity index (χ1) is 9.69. The molecule has 1 fully saturated rings. The Morgan fingerprint density at radius 2 is 2.15 bits per heavy atom. The van der Waals surface area contributed by atoms with Crippen molar-refractivity contribution in [3.05, 3.63) is 34.6 Å². The molecule has 1 aliphatic carbocycles. The van der Waals surface area contributed by atoms with E-state index in [2.05, 4.69) is 24.0 Å². The first-order valence-electron chi connectivity index (χ1n) is 7.48. The topological polar surface area (TPSA) is 12.0 Å². The standard InChI is InChI=1S/C16H23ClFNS/c1-2-19-14(11-20-15-5-3-4-6-15)10-12-9-13(18)7-8-16(12)17/h7-9,14-15,19H,2-6,10-11H2,1H3. The van der Waals surface area contributed by atoms with Crippen LogP contribution in [0.25, 0.3) is 0 Å². The van der Waals surface area contributed by atoms with Gasteiger partial charge in [0.2, 0.25) is 0 Å². The number of rotatable bonds is 7. The van der Waals surface area contributed by atoms with Crippen LogP contribution in [0.1, 0.15) is 38.2 Å². The summed E-state index contributed by atoms with van der Waals surface area (Å²) in [6, 6.07) is 5.00. The molecular formula is C16H23ClFNS. The SMILES string of the molecule is CCNC(CSC1CCCC1)Cc1cc(F)ccc1Cl. The smallest absolute Gasteiger partial charge is 0.123 e. The lowest BCUT2D eigenvalue weighted by atomic mass is 10.1. The highest BCUT2D eigenvalue weighted by molar-refractivity contribution is 7.99. The zero-order valence-electron chi connectivity index (χ0n) is 12.0. The summed E-state index contributed by atoms with van der Waals surface area (Å²) < 4.78 is 13.3. The molecule has 0 saturated heterocycles. The van der Waals surface area contributed by atoms with E-state index in [0.29, 0.717) is 11.1 Å². The quantitative estimate of drug-likeness (QED) is 0.784. The Morgan fingerprint density at radius 3 is 2.85 bits per heavy atom. The lowest BCUT2D eigenvalue weighted by molar-refractivity contribution is 0.567. The number of thioether (sulfide) groups is 1. The predicted molar refractivity (Wildman–Crippen MR) is 87.3 cm³/mol. The average Bonchev–Trinajstić information content (AvgIpc) is 2.93. The van der Waals surface area contributed by atoms with Gasteiger partial charge in [-0.3, -0.25) is 0 Å². The van der Waals surface area contributed by atoms with E-state index in [1.807, 2.05) is 0 Å². The number of halogens is 2. The molecule has 0 heterocycles. The second-order valence-electron chi connectivity index (χ2n) is 5.43. The molecule has 0 radical (unpaired) electrons. The number of likely N-dealkylation sites (N-methyl/N-ethyl adjacent to an activating group) is 1. The molecule has 1 nitrogen and oxygen atoms in total. The highest BCUT2D eigenvalue weighted by atomic mass is 35.5. The van der Waals surface area contributed by atoms with Gasteiger partial charge < -0.3 is 5.32 Å². The fourth-order valence-corrected chi connectivity index (χ4v) is 4.35. The maximum atomic E-state index is 13.3. The Kier molecular flexibility index (Phi) is 6.66. The van der Waals surface area contributed by atoms with Gasteiger partial charge in [0.15, 0.2) is 0 Å². The van der Waals surface area contributed by atoms with Crippen LogP contribution < -0.4 is 5.32 Å². The van der Waals surface area contributed by atoms with Crippen LogP contribution >= 0.6 is 23.4 Å². The van der Waals surface area contributed by atoms with Crippen LogP contribution in [0.5, 0.6) is 0 Å². The van der Waals surface area contributed by atoms with E-state index >= 15 is 0 Å². The minimum Gasteiger partial charge on any atom is -0.313 e. The van der Waals surface area contributed by atoms with Crippen molar-refractivity contribution in [3.63, 3.8) is 0 Å². The van der Waals surface area contributed by atoms with Crippen LogP contribution in [0.2, 0.25) is 5.02 Å². The first-order valence-corrected chi connectivity index (χ1v) is 8.90. The van der Waals surface area contributed by atoms with Crippen LogP contribution in [0.15, 0.2) is 18.2 Å². The van der Waals surface area contributed by atoms with Gasteiger partial charge in [0.25, 0.3) is 0 Å². The summed E-state index contributed by atoms with van der Waals surface area (Å²) in [6.45, 7) is 3.04. The van der Waals surface area contributed by atoms with E-state index in [-0.39, 0.29) is 5.82 Å². The predicted octanol–water partition coefficient (Wildman–Crippen LogP) is 4.68. The highest BCUT2D eigenvalue weighted by Gasteiger charge is 2.18. The molecule has 1 unspecified atom stereocenters. The summed E-state index contributed by atoms with van der Waals surface area (Å²) in [5.41, 5.74) is 0.907. The lowest BCUT2D eigenvalue weighted by Crippen LogP contribution is -2.34. The maximum Gasteiger partial charge on any atom is 0.123 e. The molecule has 1 aliphatic rings. The van der Waals surface area contributed by atoms with Crippen molar-refractivity contribution in [2.75, 3.05) is 12.3 Å². The van der Waals surface area contributed by atoms with Crippen molar-refractivity contribution in [1.82, 2.24) is 5.32 Å². The van der Waals surface area contributed by atoms with Gasteiger partial charge in [-0.1, -0.05) is 31.4 Å². The third-order valence-electron chi connectivity index (χ3n) is 3.80. The summed E-state index contributed by atoms with van der Waals surface area (Å²) in [5.74, 6) is 0.869. The zero-order chi connectivity index (χ0) is 14.4. The second kappa shape index (κ2) is 8.26. The number of hydrogen-bond donors (Lipinski definition) is 1. The maximum absolute atomic E-state index is 13.3. The molecule has 0 amide bonds. The number of benzene rings is 1. The molecule has 0 bridgehead atoms. The van der Waals surface area contributed by atoms with E-state index in [0.717, 1.165) is 29.5 Å². The minimum absolute atomic E-state index is 0.205. The van der Waals surface area contributed by atoms with Crippen LogP contribution in [0, 0.1) is 5.82 Å². The molecule has 1 atom stereocenters. The average molecular weight is 316 g/mol. The molecule has 20 heavy (non-hydrogen) atoms. The van der Waals surface area contributed by atoms with Gasteiger partial charge in [0.05, 0.1) is 0 Å². The van der Waals surface area contributed by atoms with Crippen molar-refractivity contribution in [1.29, 1.82) is 0 Å². The van der Waals surface area contributed by atoms with Crippen molar-refractivity contribution in [3.8, 4) is 0 Å². The Balaban J connectivity index is 1.91. The van der Waals surface area contributed by atoms with E-state index in [1.165, 1.54) is 31.7 Å². The molecule has 1 aromatic carbocycles. The minimum atomic E-state index is -0.205. The molecule has 1 N–H and O–H groups in total. The second-order valence-corrected chi connectivity index (χ2v) is 7.17. The Bertz CT molecular complexity index is 421. The summed E-state index contributed by atoms with van der Waals surface area (Å²) in [7, 11) is 0. The normalized spacial score (nSPS) is 17.6. The molecular weight excluding hydrogens is 293 g/mol. The van der Waals surface area contributed by atoms with Crippen LogP contribution in [0.4, 0.5) is 4.39 Å². The van der Waals surface area contributed by atoms with Gasteiger partial charge in [0, 0.05) is 22.1 Å². The molecule has 0 aliphatic heterocycles. The zero-order valence-corrected chi connectivity index (χ0v) is 13.6. The number of nitrogens with one attached hydrogen (secondary N) is 1. The highest BCUT2D eigenvalue weighted by Crippen LogP contribution is 2.30. The molecule has 4 heteroatoms. The fraction of sp³-hybridized carbons (Fsp3) is 0.625. The molecule has 1 saturated carbocycles. The van der Waals surface area contributed by atoms with E-state index in [9.17, 15) is 4.39 Å². The molecule has 1 aromatic rings. The summed E-state index contributed by atoms with van der Waals surface area (Å²) in [4.78, 5) is 0. The third kappa shape index (κ3) is 4.94. The van der Waals surface area contributed by atoms with E-state index < -0.39 is 0 Å². The molecule has 0 spiro atoms. The first kappa shape index (κ1) is 16.1. The number of hydrogen-bond acceptors (Lipinski definition) is 2. The van der Waals surface area contributed by atoms with Crippen LogP contribution in [-0.2, 0) is 6.42 Å². The summed E-state index contributed by atoms with van der Waals surface area (Å²) in [6.07, 6.45) is 6.25. The van der Waals surface area contributed by atoms with Gasteiger partial charge in [-0.15, -0.1) is 0 Å².